The summed E-state index contributed by atoms with van der Waals surface area (Å²) in [5.74, 6) is -0.0455. The number of hydrogen-bond acceptors (Lipinski definition) is 4. The third kappa shape index (κ3) is 4.82. The van der Waals surface area contributed by atoms with E-state index in [4.69, 9.17) is 4.74 Å². The molecule has 0 aliphatic rings. The van der Waals surface area contributed by atoms with E-state index < -0.39 is 5.97 Å². The molecule has 0 fully saturated rings. The lowest BCUT2D eigenvalue weighted by molar-refractivity contribution is 0.0734. The van der Waals surface area contributed by atoms with Crippen molar-refractivity contribution < 1.29 is 14.3 Å². The van der Waals surface area contributed by atoms with Crippen LogP contribution in [-0.4, -0.2) is 34.9 Å². The molecule has 150 valence electrons. The fourth-order valence-electron chi connectivity index (χ4n) is 2.74. The molecule has 0 atom stereocenters. The van der Waals surface area contributed by atoms with Gasteiger partial charge in [0.25, 0.3) is 0 Å². The second-order valence-electron chi connectivity index (χ2n) is 6.98. The van der Waals surface area contributed by atoms with Crippen LogP contribution in [0.2, 0.25) is 0 Å². The van der Waals surface area contributed by atoms with Crippen molar-refractivity contribution in [3.05, 3.63) is 72.1 Å². The Morgan fingerprint density at radius 3 is 2.24 bits per heavy atom. The molecule has 0 unspecified atom stereocenters. The van der Waals surface area contributed by atoms with Crippen LogP contribution in [0.5, 0.6) is 5.75 Å². The molecule has 7 heteroatoms. The minimum atomic E-state index is -0.451. The van der Waals surface area contributed by atoms with E-state index in [1.54, 1.807) is 54.3 Å². The zero-order valence-electron chi connectivity index (χ0n) is 16.9. The molecular weight excluding hydrogens is 368 g/mol. The molecule has 7 nitrogen and oxygen atoms in total. The first kappa shape index (κ1) is 20.1. The Morgan fingerprint density at radius 2 is 1.69 bits per heavy atom. The third-order valence-electron chi connectivity index (χ3n) is 4.33. The Balaban J connectivity index is 1.65. The average Bonchev–Trinajstić information content (AvgIpc) is 3.13. The highest BCUT2D eigenvalue weighted by Gasteiger charge is 2.13. The molecule has 0 saturated heterocycles. The summed E-state index contributed by atoms with van der Waals surface area (Å²) in [6.07, 6.45) is 1.73. The van der Waals surface area contributed by atoms with E-state index in [9.17, 15) is 9.59 Å². The number of carbonyl (C=O) groups is 2. The smallest absolute Gasteiger partial charge is 0.343 e. The van der Waals surface area contributed by atoms with Gasteiger partial charge in [-0.25, -0.2) is 14.3 Å². The second-order valence-corrected chi connectivity index (χ2v) is 6.98. The van der Waals surface area contributed by atoms with E-state index >= 15 is 0 Å². The van der Waals surface area contributed by atoms with E-state index in [1.807, 2.05) is 39.0 Å². The van der Waals surface area contributed by atoms with Crippen LogP contribution >= 0.6 is 0 Å². The predicted molar refractivity (Wildman–Crippen MR) is 112 cm³/mol. The lowest BCUT2D eigenvalue weighted by Crippen LogP contribution is -2.40. The van der Waals surface area contributed by atoms with Gasteiger partial charge in [-0.3, -0.25) is 4.90 Å². The zero-order valence-corrected chi connectivity index (χ0v) is 16.9. The van der Waals surface area contributed by atoms with Crippen LogP contribution in [0.15, 0.2) is 60.8 Å². The zero-order chi connectivity index (χ0) is 21.0. The van der Waals surface area contributed by atoms with E-state index in [1.165, 1.54) is 4.90 Å². The summed E-state index contributed by atoms with van der Waals surface area (Å²) in [5.41, 5.74) is 3.02. The average molecular weight is 392 g/mol. The van der Waals surface area contributed by atoms with Crippen LogP contribution in [0.3, 0.4) is 0 Å². The van der Waals surface area contributed by atoms with Crippen molar-refractivity contribution in [2.75, 3.05) is 11.9 Å². The normalized spacial score (nSPS) is 10.7. The number of nitrogens with one attached hydrogen (secondary N) is 1. The Bertz CT molecular complexity index is 992. The standard InChI is InChI=1S/C22H24N4O3/c1-15(2)24-22(28)25(4)18-9-11-20(12-10-18)29-21(27)17-5-7-19(8-6-17)26-16(3)13-14-23-26/h5-15H,1-4H3,(H,24,28). The molecule has 3 rings (SSSR count). The maximum atomic E-state index is 12.4. The van der Waals surface area contributed by atoms with Crippen LogP contribution in [0.1, 0.15) is 29.9 Å². The number of anilines is 1. The van der Waals surface area contributed by atoms with E-state index in [0.717, 1.165) is 11.4 Å². The Labute approximate surface area is 169 Å². The van der Waals surface area contributed by atoms with Crippen LogP contribution < -0.4 is 15.0 Å². The van der Waals surface area contributed by atoms with Crippen molar-refractivity contribution in [3.63, 3.8) is 0 Å². The van der Waals surface area contributed by atoms with Crippen molar-refractivity contribution >= 4 is 17.7 Å². The van der Waals surface area contributed by atoms with Gasteiger partial charge in [0.05, 0.1) is 11.3 Å². The molecule has 29 heavy (non-hydrogen) atoms. The van der Waals surface area contributed by atoms with Crippen molar-refractivity contribution in [3.8, 4) is 11.4 Å². The summed E-state index contributed by atoms with van der Waals surface area (Å²) in [6.45, 7) is 5.76. The number of benzene rings is 2. The molecule has 1 N–H and O–H groups in total. The number of esters is 1. The fourth-order valence-corrected chi connectivity index (χ4v) is 2.74. The highest BCUT2D eigenvalue weighted by Crippen LogP contribution is 2.20. The summed E-state index contributed by atoms with van der Waals surface area (Å²) in [6, 6.07) is 15.6. The lowest BCUT2D eigenvalue weighted by Gasteiger charge is -2.20. The Morgan fingerprint density at radius 1 is 1.03 bits per heavy atom. The minimum absolute atomic E-state index is 0.0498. The van der Waals surface area contributed by atoms with Crippen LogP contribution in [0, 0.1) is 6.92 Å². The number of aromatic nitrogens is 2. The predicted octanol–water partition coefficient (Wildman–Crippen LogP) is 3.95. The van der Waals surface area contributed by atoms with Crippen molar-refractivity contribution in [2.24, 2.45) is 0 Å². The number of urea groups is 1. The molecule has 0 saturated carbocycles. The van der Waals surface area contributed by atoms with E-state index in [0.29, 0.717) is 17.0 Å². The van der Waals surface area contributed by atoms with Crippen molar-refractivity contribution in [2.45, 2.75) is 26.8 Å². The summed E-state index contributed by atoms with van der Waals surface area (Å²) < 4.78 is 7.23. The molecule has 1 heterocycles. The first-order valence-corrected chi connectivity index (χ1v) is 9.32. The van der Waals surface area contributed by atoms with Crippen molar-refractivity contribution in [1.82, 2.24) is 15.1 Å². The van der Waals surface area contributed by atoms with Gasteiger partial charge in [-0.05, 0) is 75.4 Å². The maximum absolute atomic E-state index is 12.4. The van der Waals surface area contributed by atoms with Gasteiger partial charge in [-0.15, -0.1) is 0 Å². The molecule has 0 spiro atoms. The quantitative estimate of drug-likeness (QED) is 0.527. The van der Waals surface area contributed by atoms with Crippen LogP contribution in [0.4, 0.5) is 10.5 Å². The van der Waals surface area contributed by atoms with Crippen LogP contribution in [0.25, 0.3) is 5.69 Å². The second kappa shape index (κ2) is 8.60. The molecule has 0 aliphatic heterocycles. The fraction of sp³-hybridized carbons (Fsp3) is 0.227. The highest BCUT2D eigenvalue weighted by molar-refractivity contribution is 5.92. The number of rotatable bonds is 5. The summed E-state index contributed by atoms with van der Waals surface area (Å²) >= 11 is 0. The summed E-state index contributed by atoms with van der Waals surface area (Å²) in [5, 5.41) is 7.07. The van der Waals surface area contributed by atoms with Gasteiger partial charge in [0, 0.05) is 30.7 Å². The number of nitrogens with zero attached hydrogens (tertiary/aromatic N) is 3. The first-order chi connectivity index (χ1) is 13.8. The van der Waals surface area contributed by atoms with Gasteiger partial charge >= 0.3 is 12.0 Å². The number of hydrogen-bond donors (Lipinski definition) is 1. The summed E-state index contributed by atoms with van der Waals surface area (Å²) in [7, 11) is 1.68. The highest BCUT2D eigenvalue weighted by atomic mass is 16.5. The molecule has 0 aliphatic carbocycles. The van der Waals surface area contributed by atoms with Gasteiger partial charge in [-0.1, -0.05) is 0 Å². The van der Waals surface area contributed by atoms with Gasteiger partial charge in [0.15, 0.2) is 0 Å². The third-order valence-corrected chi connectivity index (χ3v) is 4.33. The maximum Gasteiger partial charge on any atom is 0.343 e. The number of amides is 2. The first-order valence-electron chi connectivity index (χ1n) is 9.32. The molecule has 3 aromatic rings. The number of ether oxygens (including phenoxy) is 1. The van der Waals surface area contributed by atoms with Gasteiger partial charge in [0.1, 0.15) is 5.75 Å². The molecule has 2 amide bonds. The monoisotopic (exact) mass is 392 g/mol. The Hall–Kier alpha value is -3.61. The molecule has 1 aromatic heterocycles. The lowest BCUT2D eigenvalue weighted by atomic mass is 10.2. The Kier molecular flexibility index (Phi) is 5.97. The molecule has 2 aromatic carbocycles. The van der Waals surface area contributed by atoms with Gasteiger partial charge in [-0.2, -0.15) is 5.10 Å². The number of aryl methyl sites for hydroxylation is 1. The topological polar surface area (TPSA) is 76.5 Å². The summed E-state index contributed by atoms with van der Waals surface area (Å²) in [4.78, 5) is 26.0. The van der Waals surface area contributed by atoms with Gasteiger partial charge in [0.2, 0.25) is 0 Å². The SMILES string of the molecule is Cc1ccnn1-c1ccc(C(=O)Oc2ccc(N(C)C(=O)NC(C)C)cc2)cc1. The van der Waals surface area contributed by atoms with Crippen LogP contribution in [-0.2, 0) is 0 Å². The van der Waals surface area contributed by atoms with Gasteiger partial charge < -0.3 is 10.1 Å². The molecular formula is C22H24N4O3. The number of carbonyl (C=O) groups excluding carboxylic acids is 2. The molecule has 0 bridgehead atoms. The molecule has 0 radical (unpaired) electrons. The van der Waals surface area contributed by atoms with E-state index in [2.05, 4.69) is 10.4 Å². The minimum Gasteiger partial charge on any atom is -0.423 e. The van der Waals surface area contributed by atoms with Crippen molar-refractivity contribution in [1.29, 1.82) is 0 Å². The largest absolute Gasteiger partial charge is 0.423 e. The van der Waals surface area contributed by atoms with E-state index in [-0.39, 0.29) is 12.1 Å².